The van der Waals surface area contributed by atoms with Crippen molar-refractivity contribution in [1.29, 1.82) is 0 Å². The van der Waals surface area contributed by atoms with Crippen molar-refractivity contribution in [3.63, 3.8) is 0 Å². The van der Waals surface area contributed by atoms with Crippen LogP contribution in [0.5, 0.6) is 0 Å². The number of hydrogen-bond donors (Lipinski definition) is 1. The van der Waals surface area contributed by atoms with E-state index in [4.69, 9.17) is 4.74 Å². The van der Waals surface area contributed by atoms with Crippen LogP contribution < -0.4 is 5.32 Å². The fraction of sp³-hybridized carbons (Fsp3) is 0.467. The van der Waals surface area contributed by atoms with Gasteiger partial charge in [-0.3, -0.25) is 9.59 Å². The lowest BCUT2D eigenvalue weighted by atomic mass is 9.91. The third-order valence-electron chi connectivity index (χ3n) is 3.36. The summed E-state index contributed by atoms with van der Waals surface area (Å²) in [6.07, 6.45) is 0.987. The Morgan fingerprint density at radius 3 is 2.58 bits per heavy atom. The van der Waals surface area contributed by atoms with Crippen molar-refractivity contribution in [2.24, 2.45) is 5.92 Å². The molecular formula is C15H19NO3. The van der Waals surface area contributed by atoms with E-state index in [0.29, 0.717) is 13.0 Å². The molecule has 1 amide bonds. The number of carbonyl (C=O) groups is 2. The van der Waals surface area contributed by atoms with E-state index < -0.39 is 6.10 Å². The molecule has 4 heteroatoms. The van der Waals surface area contributed by atoms with E-state index in [1.165, 1.54) is 5.56 Å². The normalized spacial score (nSPS) is 21.5. The summed E-state index contributed by atoms with van der Waals surface area (Å²) in [5.74, 6) is -0.709. The lowest BCUT2D eigenvalue weighted by molar-refractivity contribution is -0.189. The second-order valence-electron chi connectivity index (χ2n) is 4.96. The second-order valence-corrected chi connectivity index (χ2v) is 4.96. The van der Waals surface area contributed by atoms with Gasteiger partial charge in [-0.1, -0.05) is 43.2 Å². The molecule has 2 rings (SSSR count). The molecule has 0 aromatic heterocycles. The van der Waals surface area contributed by atoms with Gasteiger partial charge in [0.25, 0.3) is 5.91 Å². The highest BCUT2D eigenvalue weighted by Gasteiger charge is 2.46. The van der Waals surface area contributed by atoms with Crippen molar-refractivity contribution < 1.29 is 14.3 Å². The van der Waals surface area contributed by atoms with Crippen molar-refractivity contribution in [3.05, 3.63) is 35.4 Å². The first-order valence-electron chi connectivity index (χ1n) is 6.65. The number of aryl methyl sites for hydroxylation is 1. The topological polar surface area (TPSA) is 55.4 Å². The van der Waals surface area contributed by atoms with Gasteiger partial charge in [0.15, 0.2) is 6.10 Å². The number of amides is 1. The monoisotopic (exact) mass is 261 g/mol. The molecular weight excluding hydrogens is 242 g/mol. The summed E-state index contributed by atoms with van der Waals surface area (Å²) in [4.78, 5) is 23.2. The van der Waals surface area contributed by atoms with Gasteiger partial charge < -0.3 is 10.1 Å². The van der Waals surface area contributed by atoms with Crippen molar-refractivity contribution in [2.45, 2.75) is 39.3 Å². The molecule has 0 saturated carbocycles. The summed E-state index contributed by atoms with van der Waals surface area (Å²) in [6, 6.07) is 7.97. The molecule has 102 valence electrons. The lowest BCUT2D eigenvalue weighted by Gasteiger charge is -2.33. The summed E-state index contributed by atoms with van der Waals surface area (Å²) in [6.45, 7) is 4.48. The zero-order valence-corrected chi connectivity index (χ0v) is 11.3. The Labute approximate surface area is 113 Å². The van der Waals surface area contributed by atoms with Gasteiger partial charge in [-0.15, -0.1) is 0 Å². The molecule has 0 bridgehead atoms. The highest BCUT2D eigenvalue weighted by Crippen LogP contribution is 2.26. The molecule has 4 nitrogen and oxygen atoms in total. The number of cyclic esters (lactones) is 1. The minimum absolute atomic E-state index is 0.196. The summed E-state index contributed by atoms with van der Waals surface area (Å²) in [5, 5.41) is 2.81. The van der Waals surface area contributed by atoms with Crippen LogP contribution in [0.4, 0.5) is 0 Å². The number of benzene rings is 1. The standard InChI is InChI=1S/C15H19NO3/c1-3-4-12-13(19-15(12)18)14(17)16-9-11-7-5-10(2)6-8-11/h5-8,12-13H,3-4,9H2,1-2H3,(H,16,17)/t12?,13-/m1/s1. The number of carbonyl (C=O) groups excluding carboxylic acids is 2. The molecule has 2 atom stereocenters. The van der Waals surface area contributed by atoms with E-state index in [1.54, 1.807) is 0 Å². The van der Waals surface area contributed by atoms with Crippen LogP contribution in [0.2, 0.25) is 0 Å². The maximum absolute atomic E-state index is 11.9. The molecule has 1 aromatic rings. The molecule has 19 heavy (non-hydrogen) atoms. The Bertz CT molecular complexity index is 467. The molecule has 1 N–H and O–H groups in total. The van der Waals surface area contributed by atoms with E-state index >= 15 is 0 Å². The van der Waals surface area contributed by atoms with Crippen LogP contribution in [-0.2, 0) is 20.9 Å². The average molecular weight is 261 g/mol. The van der Waals surface area contributed by atoms with Crippen LogP contribution in [0.25, 0.3) is 0 Å². The smallest absolute Gasteiger partial charge is 0.314 e. The first-order valence-corrected chi connectivity index (χ1v) is 6.65. The van der Waals surface area contributed by atoms with Crippen molar-refractivity contribution in [2.75, 3.05) is 0 Å². The van der Waals surface area contributed by atoms with E-state index in [9.17, 15) is 9.59 Å². The van der Waals surface area contributed by atoms with E-state index in [2.05, 4.69) is 5.32 Å². The van der Waals surface area contributed by atoms with Gasteiger partial charge >= 0.3 is 5.97 Å². The van der Waals surface area contributed by atoms with E-state index in [0.717, 1.165) is 12.0 Å². The molecule has 1 fully saturated rings. The summed E-state index contributed by atoms with van der Waals surface area (Å²) >= 11 is 0. The molecule has 1 aliphatic heterocycles. The summed E-state index contributed by atoms with van der Waals surface area (Å²) in [7, 11) is 0. The van der Waals surface area contributed by atoms with Crippen LogP contribution >= 0.6 is 0 Å². The maximum atomic E-state index is 11.9. The molecule has 1 aromatic carbocycles. The van der Waals surface area contributed by atoms with Gasteiger partial charge in [0.05, 0.1) is 0 Å². The van der Waals surface area contributed by atoms with Gasteiger partial charge in [-0.25, -0.2) is 0 Å². The molecule has 1 aliphatic rings. The number of nitrogens with one attached hydrogen (secondary N) is 1. The molecule has 1 heterocycles. The molecule has 0 aliphatic carbocycles. The summed E-state index contributed by atoms with van der Waals surface area (Å²) < 4.78 is 4.92. The van der Waals surface area contributed by atoms with Crippen LogP contribution in [0.1, 0.15) is 30.9 Å². The number of rotatable bonds is 5. The fourth-order valence-electron chi connectivity index (χ4n) is 2.16. The Hall–Kier alpha value is -1.84. The largest absolute Gasteiger partial charge is 0.451 e. The first-order chi connectivity index (χ1) is 9.11. The minimum atomic E-state index is -0.599. The van der Waals surface area contributed by atoms with Gasteiger partial charge in [0.2, 0.25) is 0 Å². The Balaban J connectivity index is 1.84. The molecule has 0 radical (unpaired) electrons. The SMILES string of the molecule is CCCC1C(=O)O[C@H]1C(=O)NCc1ccc(C)cc1. The minimum Gasteiger partial charge on any atom is -0.451 e. The second kappa shape index (κ2) is 5.87. The van der Waals surface area contributed by atoms with Crippen LogP contribution in [0.15, 0.2) is 24.3 Å². The van der Waals surface area contributed by atoms with Crippen molar-refractivity contribution >= 4 is 11.9 Å². The third kappa shape index (κ3) is 3.13. The molecule has 1 saturated heterocycles. The highest BCUT2D eigenvalue weighted by molar-refractivity contribution is 5.94. The predicted octanol–water partition coefficient (Wildman–Crippen LogP) is 1.95. The third-order valence-corrected chi connectivity index (χ3v) is 3.36. The predicted molar refractivity (Wildman–Crippen MR) is 71.3 cm³/mol. The summed E-state index contributed by atoms with van der Waals surface area (Å²) in [5.41, 5.74) is 2.22. The van der Waals surface area contributed by atoms with E-state index in [-0.39, 0.29) is 17.8 Å². The Kier molecular flexibility index (Phi) is 4.20. The van der Waals surface area contributed by atoms with Crippen LogP contribution in [0, 0.1) is 12.8 Å². The molecule has 0 spiro atoms. The zero-order valence-electron chi connectivity index (χ0n) is 11.3. The van der Waals surface area contributed by atoms with Gasteiger partial charge in [-0.2, -0.15) is 0 Å². The fourth-order valence-corrected chi connectivity index (χ4v) is 2.16. The van der Waals surface area contributed by atoms with Crippen LogP contribution in [0.3, 0.4) is 0 Å². The molecule has 1 unspecified atom stereocenters. The zero-order chi connectivity index (χ0) is 13.8. The van der Waals surface area contributed by atoms with Gasteiger partial charge in [-0.05, 0) is 18.9 Å². The quantitative estimate of drug-likeness (QED) is 0.824. The average Bonchev–Trinajstić information content (AvgIpc) is 2.41. The Morgan fingerprint density at radius 1 is 1.32 bits per heavy atom. The maximum Gasteiger partial charge on any atom is 0.314 e. The van der Waals surface area contributed by atoms with Crippen molar-refractivity contribution in [3.8, 4) is 0 Å². The van der Waals surface area contributed by atoms with E-state index in [1.807, 2.05) is 38.1 Å². The number of esters is 1. The van der Waals surface area contributed by atoms with Gasteiger partial charge in [0, 0.05) is 6.54 Å². The number of hydrogen-bond acceptors (Lipinski definition) is 3. The Morgan fingerprint density at radius 2 is 2.00 bits per heavy atom. The van der Waals surface area contributed by atoms with Gasteiger partial charge in [0.1, 0.15) is 5.92 Å². The highest BCUT2D eigenvalue weighted by atomic mass is 16.6. The number of ether oxygens (including phenoxy) is 1. The lowest BCUT2D eigenvalue weighted by Crippen LogP contribution is -2.53. The first kappa shape index (κ1) is 13.6. The van der Waals surface area contributed by atoms with Crippen LogP contribution in [-0.4, -0.2) is 18.0 Å². The van der Waals surface area contributed by atoms with Crippen molar-refractivity contribution in [1.82, 2.24) is 5.32 Å².